The fraction of sp³-hybridized carbons (Fsp3) is 0.571. The van der Waals surface area contributed by atoms with Crippen molar-refractivity contribution in [2.45, 2.75) is 38.6 Å². The molecule has 0 radical (unpaired) electrons. The predicted octanol–water partition coefficient (Wildman–Crippen LogP) is 4.29. The molecule has 2 rings (SSSR count). The zero-order valence-corrected chi connectivity index (χ0v) is 11.5. The average Bonchev–Trinajstić information content (AvgIpc) is 2.78. The molecule has 0 heterocycles. The minimum Gasteiger partial charge on any atom is -0.310 e. The third-order valence-corrected chi connectivity index (χ3v) is 4.03. The highest BCUT2D eigenvalue weighted by Gasteiger charge is 2.15. The van der Waals surface area contributed by atoms with Crippen molar-refractivity contribution >= 4 is 15.9 Å². The van der Waals surface area contributed by atoms with E-state index >= 15 is 0 Å². The maximum Gasteiger partial charge on any atom is 0.0292 e. The van der Waals surface area contributed by atoms with Gasteiger partial charge in [-0.15, -0.1) is 0 Å². The van der Waals surface area contributed by atoms with E-state index in [0.29, 0.717) is 6.04 Å². The van der Waals surface area contributed by atoms with Crippen molar-refractivity contribution in [1.29, 1.82) is 0 Å². The molecule has 0 spiro atoms. The second kappa shape index (κ2) is 5.83. The Bertz CT molecular complexity index is 331. The van der Waals surface area contributed by atoms with Gasteiger partial charge in [-0.1, -0.05) is 40.9 Å². The van der Waals surface area contributed by atoms with Crippen LogP contribution in [0.3, 0.4) is 0 Å². The fourth-order valence-corrected chi connectivity index (χ4v) is 2.87. The van der Waals surface area contributed by atoms with Gasteiger partial charge in [0.2, 0.25) is 0 Å². The van der Waals surface area contributed by atoms with E-state index in [4.69, 9.17) is 0 Å². The van der Waals surface area contributed by atoms with E-state index in [9.17, 15) is 0 Å². The van der Waals surface area contributed by atoms with Crippen LogP contribution in [0.2, 0.25) is 0 Å². The Hall–Kier alpha value is -0.340. The molecular weight excluding hydrogens is 262 g/mol. The summed E-state index contributed by atoms with van der Waals surface area (Å²) in [5.41, 5.74) is 1.37. The largest absolute Gasteiger partial charge is 0.310 e. The van der Waals surface area contributed by atoms with Gasteiger partial charge in [0.15, 0.2) is 0 Å². The molecule has 1 N–H and O–H groups in total. The summed E-state index contributed by atoms with van der Waals surface area (Å²) in [5, 5.41) is 3.65. The second-order valence-corrected chi connectivity index (χ2v) is 5.75. The highest BCUT2D eigenvalue weighted by atomic mass is 79.9. The summed E-state index contributed by atoms with van der Waals surface area (Å²) in [6, 6.07) is 9.03. The number of benzene rings is 1. The lowest BCUT2D eigenvalue weighted by atomic mass is 10.1. The molecule has 1 unspecified atom stereocenters. The van der Waals surface area contributed by atoms with Crippen LogP contribution in [0.4, 0.5) is 0 Å². The van der Waals surface area contributed by atoms with Gasteiger partial charge in [-0.2, -0.15) is 0 Å². The van der Waals surface area contributed by atoms with Crippen LogP contribution in [0, 0.1) is 5.92 Å². The van der Waals surface area contributed by atoms with E-state index in [1.807, 2.05) is 0 Å². The molecule has 2 heteroatoms. The molecule has 1 saturated carbocycles. The smallest absolute Gasteiger partial charge is 0.0292 e. The summed E-state index contributed by atoms with van der Waals surface area (Å²) < 4.78 is 1.17. The Morgan fingerprint density at radius 1 is 1.38 bits per heavy atom. The van der Waals surface area contributed by atoms with Crippen molar-refractivity contribution < 1.29 is 0 Å². The Morgan fingerprint density at radius 2 is 2.12 bits per heavy atom. The molecule has 1 aliphatic rings. The Balaban J connectivity index is 1.85. The summed E-state index contributed by atoms with van der Waals surface area (Å²) in [6.07, 6.45) is 5.69. The van der Waals surface area contributed by atoms with Crippen molar-refractivity contribution in [3.05, 3.63) is 34.3 Å². The topological polar surface area (TPSA) is 12.0 Å². The summed E-state index contributed by atoms with van der Waals surface area (Å²) in [5.74, 6) is 0.912. The van der Waals surface area contributed by atoms with E-state index < -0.39 is 0 Å². The first-order valence-electron chi connectivity index (χ1n) is 6.24. The zero-order valence-electron chi connectivity index (χ0n) is 9.88. The summed E-state index contributed by atoms with van der Waals surface area (Å²) in [6.45, 7) is 3.42. The van der Waals surface area contributed by atoms with E-state index in [1.54, 1.807) is 0 Å². The van der Waals surface area contributed by atoms with E-state index in [1.165, 1.54) is 42.3 Å². The van der Waals surface area contributed by atoms with Gasteiger partial charge in [0.25, 0.3) is 0 Å². The van der Waals surface area contributed by atoms with Gasteiger partial charge in [0, 0.05) is 10.5 Å². The van der Waals surface area contributed by atoms with Gasteiger partial charge in [0.05, 0.1) is 0 Å². The van der Waals surface area contributed by atoms with Gasteiger partial charge in [-0.05, 0) is 49.9 Å². The quantitative estimate of drug-likeness (QED) is 0.868. The number of hydrogen-bond acceptors (Lipinski definition) is 1. The normalized spacial score (nSPS) is 18.9. The minimum atomic E-state index is 0.457. The van der Waals surface area contributed by atoms with Crippen molar-refractivity contribution in [1.82, 2.24) is 5.32 Å². The van der Waals surface area contributed by atoms with Gasteiger partial charge in [-0.25, -0.2) is 0 Å². The summed E-state index contributed by atoms with van der Waals surface area (Å²) >= 11 is 3.52. The van der Waals surface area contributed by atoms with Crippen molar-refractivity contribution in [3.8, 4) is 0 Å². The third-order valence-electron chi connectivity index (χ3n) is 3.54. The van der Waals surface area contributed by atoms with E-state index in [2.05, 4.69) is 52.4 Å². The van der Waals surface area contributed by atoms with Crippen LogP contribution in [0.1, 0.15) is 44.2 Å². The van der Waals surface area contributed by atoms with Crippen LogP contribution < -0.4 is 5.32 Å². The fourth-order valence-electron chi connectivity index (χ4n) is 2.45. The van der Waals surface area contributed by atoms with Crippen LogP contribution in [-0.2, 0) is 0 Å². The Labute approximate surface area is 107 Å². The average molecular weight is 282 g/mol. The molecule has 0 aliphatic heterocycles. The minimum absolute atomic E-state index is 0.457. The lowest BCUT2D eigenvalue weighted by Gasteiger charge is -2.17. The van der Waals surface area contributed by atoms with Crippen LogP contribution in [-0.4, -0.2) is 6.54 Å². The first-order chi connectivity index (χ1) is 7.75. The molecule has 0 amide bonds. The summed E-state index contributed by atoms with van der Waals surface area (Å²) in [4.78, 5) is 0. The Kier molecular flexibility index (Phi) is 4.42. The van der Waals surface area contributed by atoms with Gasteiger partial charge >= 0.3 is 0 Å². The Morgan fingerprint density at radius 3 is 2.81 bits per heavy atom. The number of halogens is 1. The molecule has 0 bridgehead atoms. The molecule has 1 fully saturated rings. The summed E-state index contributed by atoms with van der Waals surface area (Å²) in [7, 11) is 0. The van der Waals surface area contributed by atoms with Crippen molar-refractivity contribution in [2.75, 3.05) is 6.54 Å². The van der Waals surface area contributed by atoms with Crippen molar-refractivity contribution in [3.63, 3.8) is 0 Å². The van der Waals surface area contributed by atoms with Crippen molar-refractivity contribution in [2.24, 2.45) is 5.92 Å². The molecular formula is C14H20BrN. The van der Waals surface area contributed by atoms with Gasteiger partial charge < -0.3 is 5.32 Å². The van der Waals surface area contributed by atoms with E-state index in [0.717, 1.165) is 5.92 Å². The van der Waals surface area contributed by atoms with Gasteiger partial charge in [-0.3, -0.25) is 0 Å². The molecule has 1 atom stereocenters. The number of rotatable bonds is 4. The highest BCUT2D eigenvalue weighted by molar-refractivity contribution is 9.10. The van der Waals surface area contributed by atoms with E-state index in [-0.39, 0.29) is 0 Å². The molecule has 1 nitrogen and oxygen atoms in total. The molecule has 0 saturated heterocycles. The van der Waals surface area contributed by atoms with Crippen LogP contribution in [0.5, 0.6) is 0 Å². The first kappa shape index (κ1) is 12.1. The first-order valence-corrected chi connectivity index (χ1v) is 7.04. The zero-order chi connectivity index (χ0) is 11.4. The standard InChI is InChI=1S/C14H20BrN/c1-11(13-7-4-8-14(15)9-13)16-10-12-5-2-3-6-12/h4,7-9,11-12,16H,2-3,5-6,10H2,1H3. The number of nitrogens with one attached hydrogen (secondary N) is 1. The van der Waals surface area contributed by atoms with Crippen LogP contribution in [0.25, 0.3) is 0 Å². The molecule has 1 aromatic carbocycles. The second-order valence-electron chi connectivity index (χ2n) is 4.84. The molecule has 0 aromatic heterocycles. The predicted molar refractivity (Wildman–Crippen MR) is 72.5 cm³/mol. The van der Waals surface area contributed by atoms with Gasteiger partial charge in [0.1, 0.15) is 0 Å². The highest BCUT2D eigenvalue weighted by Crippen LogP contribution is 2.25. The molecule has 88 valence electrons. The molecule has 1 aromatic rings. The monoisotopic (exact) mass is 281 g/mol. The lowest BCUT2D eigenvalue weighted by Crippen LogP contribution is -2.24. The van der Waals surface area contributed by atoms with Crippen LogP contribution >= 0.6 is 15.9 Å². The maximum atomic E-state index is 3.65. The maximum absolute atomic E-state index is 3.65. The molecule has 16 heavy (non-hydrogen) atoms. The third kappa shape index (κ3) is 3.33. The van der Waals surface area contributed by atoms with Crippen LogP contribution in [0.15, 0.2) is 28.7 Å². The SMILES string of the molecule is CC(NCC1CCCC1)c1cccc(Br)c1. The molecule has 1 aliphatic carbocycles. The lowest BCUT2D eigenvalue weighted by molar-refractivity contribution is 0.452. The number of hydrogen-bond donors (Lipinski definition) is 1.